The van der Waals surface area contributed by atoms with E-state index in [1.54, 1.807) is 22.7 Å². The number of nitrogens with one attached hydrogen (secondary N) is 1. The molecule has 0 bridgehead atoms. The van der Waals surface area contributed by atoms with Crippen LogP contribution in [0.25, 0.3) is 0 Å². The van der Waals surface area contributed by atoms with E-state index in [-0.39, 0.29) is 6.10 Å². The van der Waals surface area contributed by atoms with Gasteiger partial charge in [0, 0.05) is 7.05 Å². The maximum Gasteiger partial charge on any atom is 0.133 e. The number of nitrogens with zero attached hydrogens (tertiary/aromatic N) is 4. The van der Waals surface area contributed by atoms with Crippen molar-refractivity contribution in [2.75, 3.05) is 18.7 Å². The Hall–Kier alpha value is -1.66. The number of anilines is 1. The van der Waals surface area contributed by atoms with Gasteiger partial charge in [-0.1, -0.05) is 0 Å². The summed E-state index contributed by atoms with van der Waals surface area (Å²) in [5.41, 5.74) is 4.95. The molecular formula is C9H11N5O. The maximum atomic E-state index is 5.15. The van der Waals surface area contributed by atoms with E-state index >= 15 is 0 Å². The fourth-order valence-corrected chi connectivity index (χ4v) is 1.41. The van der Waals surface area contributed by atoms with Gasteiger partial charge in [0.1, 0.15) is 12.4 Å². The predicted molar refractivity (Wildman–Crippen MR) is 54.8 cm³/mol. The van der Waals surface area contributed by atoms with Crippen LogP contribution in [-0.2, 0) is 4.74 Å². The molecule has 6 nitrogen and oxygen atoms in total. The molecule has 2 aliphatic rings. The van der Waals surface area contributed by atoms with Crippen molar-refractivity contribution in [2.24, 2.45) is 5.10 Å². The number of hydrazone groups is 1. The molecule has 15 heavy (non-hydrogen) atoms. The molecule has 0 aromatic carbocycles. The summed E-state index contributed by atoms with van der Waals surface area (Å²) >= 11 is 0. The van der Waals surface area contributed by atoms with Gasteiger partial charge >= 0.3 is 0 Å². The van der Waals surface area contributed by atoms with Gasteiger partial charge in [-0.25, -0.2) is 10.1 Å². The summed E-state index contributed by atoms with van der Waals surface area (Å²) < 4.78 is 5.15. The van der Waals surface area contributed by atoms with E-state index in [0.29, 0.717) is 0 Å². The van der Waals surface area contributed by atoms with Crippen LogP contribution in [0, 0.1) is 0 Å². The van der Waals surface area contributed by atoms with Gasteiger partial charge in [-0.3, -0.25) is 4.98 Å². The molecule has 0 spiro atoms. The highest BCUT2D eigenvalue weighted by Gasteiger charge is 2.26. The standard InChI is InChI=1S/C9H11N5O/c1-13-11-6-14(12-13)7-2-3-8(10-4-7)9-5-15-9/h2-4,6,9,12H,5H2,1H3. The van der Waals surface area contributed by atoms with Crippen molar-refractivity contribution in [3.8, 4) is 0 Å². The van der Waals surface area contributed by atoms with E-state index in [2.05, 4.69) is 15.6 Å². The second-order valence-corrected chi connectivity index (χ2v) is 3.49. The number of hydrazine groups is 2. The molecule has 78 valence electrons. The highest BCUT2D eigenvalue weighted by molar-refractivity contribution is 5.78. The van der Waals surface area contributed by atoms with Crippen molar-refractivity contribution in [1.82, 2.24) is 15.6 Å². The summed E-state index contributed by atoms with van der Waals surface area (Å²) in [7, 11) is 1.83. The lowest BCUT2D eigenvalue weighted by molar-refractivity contribution is 0.279. The quantitative estimate of drug-likeness (QED) is 0.702. The van der Waals surface area contributed by atoms with E-state index in [9.17, 15) is 0 Å². The van der Waals surface area contributed by atoms with Crippen molar-refractivity contribution < 1.29 is 4.74 Å². The van der Waals surface area contributed by atoms with Crippen molar-refractivity contribution in [3.63, 3.8) is 0 Å². The zero-order chi connectivity index (χ0) is 10.3. The molecule has 1 aromatic rings. The highest BCUT2D eigenvalue weighted by Crippen LogP contribution is 2.28. The molecule has 0 aliphatic carbocycles. The van der Waals surface area contributed by atoms with Crippen LogP contribution in [0.15, 0.2) is 23.4 Å². The molecule has 1 saturated heterocycles. The first-order valence-electron chi connectivity index (χ1n) is 4.74. The number of hydrogen-bond donors (Lipinski definition) is 1. The summed E-state index contributed by atoms with van der Waals surface area (Å²) in [5.74, 6) is 0. The largest absolute Gasteiger partial charge is 0.366 e. The van der Waals surface area contributed by atoms with Gasteiger partial charge in [-0.2, -0.15) is 0 Å². The van der Waals surface area contributed by atoms with Crippen LogP contribution < -0.4 is 10.5 Å². The third-order valence-corrected chi connectivity index (χ3v) is 2.30. The van der Waals surface area contributed by atoms with Gasteiger partial charge < -0.3 is 4.74 Å². The Kier molecular flexibility index (Phi) is 1.83. The average Bonchev–Trinajstić information content (AvgIpc) is 3.02. The average molecular weight is 205 g/mol. The lowest BCUT2D eigenvalue weighted by Gasteiger charge is -2.16. The normalized spacial score (nSPS) is 23.7. The van der Waals surface area contributed by atoms with Crippen molar-refractivity contribution in [3.05, 3.63) is 24.0 Å². The second-order valence-electron chi connectivity index (χ2n) is 3.49. The van der Waals surface area contributed by atoms with Crippen LogP contribution in [0.2, 0.25) is 0 Å². The molecule has 0 amide bonds. The molecule has 1 N–H and O–H groups in total. The van der Waals surface area contributed by atoms with E-state index in [4.69, 9.17) is 4.74 Å². The Labute approximate surface area is 87.1 Å². The number of rotatable bonds is 2. The number of pyridine rings is 1. The first-order valence-corrected chi connectivity index (χ1v) is 4.74. The Morgan fingerprint density at radius 1 is 1.53 bits per heavy atom. The van der Waals surface area contributed by atoms with Gasteiger partial charge in [-0.05, 0) is 12.1 Å². The Morgan fingerprint density at radius 2 is 2.40 bits per heavy atom. The summed E-state index contributed by atoms with van der Waals surface area (Å²) in [6.07, 6.45) is 3.71. The van der Waals surface area contributed by atoms with Crippen molar-refractivity contribution in [2.45, 2.75) is 6.10 Å². The summed E-state index contributed by atoms with van der Waals surface area (Å²) in [4.78, 5) is 4.32. The van der Waals surface area contributed by atoms with Gasteiger partial charge in [0.15, 0.2) is 0 Å². The minimum Gasteiger partial charge on any atom is -0.366 e. The fourth-order valence-electron chi connectivity index (χ4n) is 1.41. The summed E-state index contributed by atoms with van der Waals surface area (Å²) in [6, 6.07) is 3.96. The highest BCUT2D eigenvalue weighted by atomic mass is 16.6. The van der Waals surface area contributed by atoms with Crippen molar-refractivity contribution >= 4 is 12.0 Å². The fraction of sp³-hybridized carbons (Fsp3) is 0.333. The molecule has 6 heteroatoms. The van der Waals surface area contributed by atoms with Gasteiger partial charge in [0.05, 0.1) is 24.2 Å². The third-order valence-electron chi connectivity index (χ3n) is 2.30. The molecule has 1 unspecified atom stereocenters. The van der Waals surface area contributed by atoms with E-state index < -0.39 is 0 Å². The van der Waals surface area contributed by atoms with E-state index in [1.807, 2.05) is 19.2 Å². The maximum absolute atomic E-state index is 5.15. The summed E-state index contributed by atoms with van der Waals surface area (Å²) in [6.45, 7) is 0.790. The minimum atomic E-state index is 0.210. The number of aromatic nitrogens is 1. The number of ether oxygens (including phenoxy) is 1. The van der Waals surface area contributed by atoms with Crippen LogP contribution >= 0.6 is 0 Å². The number of epoxide rings is 1. The molecule has 0 saturated carbocycles. The Morgan fingerprint density at radius 3 is 2.93 bits per heavy atom. The molecule has 1 fully saturated rings. The van der Waals surface area contributed by atoms with Crippen LogP contribution in [0.1, 0.15) is 11.8 Å². The predicted octanol–water partition coefficient (Wildman–Crippen LogP) is 0.268. The third kappa shape index (κ3) is 1.64. The Bertz CT molecular complexity index is 386. The molecule has 1 atom stereocenters. The summed E-state index contributed by atoms with van der Waals surface area (Å²) in [5, 5.41) is 7.45. The van der Waals surface area contributed by atoms with Crippen LogP contribution in [-0.4, -0.2) is 30.1 Å². The lowest BCUT2D eigenvalue weighted by atomic mass is 10.3. The molecule has 3 heterocycles. The zero-order valence-electron chi connectivity index (χ0n) is 8.29. The molecule has 2 aliphatic heterocycles. The van der Waals surface area contributed by atoms with E-state index in [1.165, 1.54) is 0 Å². The lowest BCUT2D eigenvalue weighted by Crippen LogP contribution is -2.38. The molecule has 0 radical (unpaired) electrons. The molecule has 3 rings (SSSR count). The topological polar surface area (TPSA) is 56.3 Å². The van der Waals surface area contributed by atoms with Crippen LogP contribution in [0.3, 0.4) is 0 Å². The monoisotopic (exact) mass is 205 g/mol. The minimum absolute atomic E-state index is 0.210. The molecule has 1 aromatic heterocycles. The smallest absolute Gasteiger partial charge is 0.133 e. The number of hydrogen-bond acceptors (Lipinski definition) is 6. The molecular weight excluding hydrogens is 194 g/mol. The van der Waals surface area contributed by atoms with E-state index in [0.717, 1.165) is 18.0 Å². The zero-order valence-corrected chi connectivity index (χ0v) is 8.29. The van der Waals surface area contributed by atoms with Crippen LogP contribution in [0.5, 0.6) is 0 Å². The second kappa shape index (κ2) is 3.18. The van der Waals surface area contributed by atoms with Gasteiger partial charge in [-0.15, -0.1) is 10.6 Å². The first kappa shape index (κ1) is 8.63. The Balaban J connectivity index is 1.78. The SMILES string of the molecule is CN1N=CN(c2ccc(C3CO3)nc2)N1. The van der Waals surface area contributed by atoms with Gasteiger partial charge in [0.2, 0.25) is 0 Å². The van der Waals surface area contributed by atoms with Crippen LogP contribution in [0.4, 0.5) is 5.69 Å². The first-order chi connectivity index (χ1) is 7.33. The van der Waals surface area contributed by atoms with Crippen molar-refractivity contribution in [1.29, 1.82) is 0 Å². The van der Waals surface area contributed by atoms with Gasteiger partial charge in [0.25, 0.3) is 0 Å².